The van der Waals surface area contributed by atoms with Crippen molar-refractivity contribution in [3.05, 3.63) is 59.7 Å². The predicted octanol–water partition coefficient (Wildman–Crippen LogP) is 4.08. The number of benzene rings is 2. The van der Waals surface area contributed by atoms with Gasteiger partial charge in [-0.2, -0.15) is 0 Å². The molecule has 0 saturated carbocycles. The second kappa shape index (κ2) is 11.4. The van der Waals surface area contributed by atoms with Gasteiger partial charge in [-0.3, -0.25) is 9.59 Å². The predicted molar refractivity (Wildman–Crippen MR) is 132 cm³/mol. The van der Waals surface area contributed by atoms with Crippen molar-refractivity contribution >= 4 is 18.0 Å². The van der Waals surface area contributed by atoms with Gasteiger partial charge in [0.05, 0.1) is 12.0 Å². The minimum Gasteiger partial charge on any atom is -0.481 e. The smallest absolute Gasteiger partial charge is 0.407 e. The zero-order valence-electron chi connectivity index (χ0n) is 20.7. The number of rotatable bonds is 11. The van der Waals surface area contributed by atoms with Crippen LogP contribution in [0.4, 0.5) is 4.79 Å². The van der Waals surface area contributed by atoms with Crippen LogP contribution in [-0.2, 0) is 19.1 Å². The number of carbonyl (C=O) groups excluding carboxylic acids is 2. The first-order valence-corrected chi connectivity index (χ1v) is 11.8. The van der Waals surface area contributed by atoms with E-state index < -0.39 is 35.7 Å². The van der Waals surface area contributed by atoms with Crippen LogP contribution in [0.15, 0.2) is 48.5 Å². The van der Waals surface area contributed by atoms with E-state index in [0.717, 1.165) is 22.3 Å². The molecule has 3 rings (SSSR count). The highest BCUT2D eigenvalue weighted by Gasteiger charge is 2.32. The zero-order valence-corrected chi connectivity index (χ0v) is 20.7. The molecule has 2 aromatic carbocycles. The Hall–Kier alpha value is -3.39. The summed E-state index contributed by atoms with van der Waals surface area (Å²) in [7, 11) is 1.53. The first kappa shape index (κ1) is 26.2. The molecule has 2 atom stereocenters. The molecule has 1 unspecified atom stereocenters. The van der Waals surface area contributed by atoms with E-state index in [1.54, 1.807) is 20.8 Å². The summed E-state index contributed by atoms with van der Waals surface area (Å²) in [6.45, 7) is 5.53. The number of fused-ring (bicyclic) bond motifs is 3. The van der Waals surface area contributed by atoms with Crippen LogP contribution in [0, 0.1) is 0 Å². The van der Waals surface area contributed by atoms with Crippen molar-refractivity contribution in [2.45, 2.75) is 63.6 Å². The normalized spacial score (nSPS) is 14.4. The van der Waals surface area contributed by atoms with Gasteiger partial charge >= 0.3 is 12.1 Å². The Morgan fingerprint density at radius 1 is 1.00 bits per heavy atom. The first-order chi connectivity index (χ1) is 16.6. The van der Waals surface area contributed by atoms with Gasteiger partial charge in [-0.1, -0.05) is 55.5 Å². The summed E-state index contributed by atoms with van der Waals surface area (Å²) in [5, 5.41) is 14.5. The van der Waals surface area contributed by atoms with Crippen molar-refractivity contribution in [1.29, 1.82) is 0 Å². The van der Waals surface area contributed by atoms with Crippen molar-refractivity contribution in [3.63, 3.8) is 0 Å². The van der Waals surface area contributed by atoms with E-state index in [1.165, 1.54) is 7.11 Å². The number of ether oxygens (including phenoxy) is 2. The molecule has 188 valence electrons. The minimum atomic E-state index is -1.00. The van der Waals surface area contributed by atoms with E-state index in [-0.39, 0.29) is 25.4 Å². The van der Waals surface area contributed by atoms with E-state index in [4.69, 9.17) is 14.6 Å². The summed E-state index contributed by atoms with van der Waals surface area (Å²) in [5.74, 6) is -1.58. The van der Waals surface area contributed by atoms with E-state index in [0.29, 0.717) is 6.42 Å². The Morgan fingerprint density at radius 2 is 1.57 bits per heavy atom. The average Bonchev–Trinajstić information content (AvgIpc) is 3.15. The minimum absolute atomic E-state index is 0.101. The molecule has 0 bridgehead atoms. The molecule has 0 fully saturated rings. The third kappa shape index (κ3) is 6.60. The first-order valence-electron chi connectivity index (χ1n) is 11.8. The van der Waals surface area contributed by atoms with E-state index in [2.05, 4.69) is 22.8 Å². The molecule has 1 aliphatic carbocycles. The molecule has 2 aromatic rings. The number of carboxylic acids is 1. The van der Waals surface area contributed by atoms with Crippen molar-refractivity contribution in [2.24, 2.45) is 0 Å². The standard InChI is InChI=1S/C27H34N2O6/c1-5-17(14-24(30)31)28-25(32)23(15-27(2,3)34-4)29-26(33)35-16-22-20-12-8-6-10-18(20)19-11-7-9-13-21(19)22/h6-13,17,22-23H,5,14-16H2,1-4H3,(H,28,32)(H,29,33)(H,30,31)/t17-,23?/m1/s1. The Kier molecular flexibility index (Phi) is 8.51. The van der Waals surface area contributed by atoms with Crippen LogP contribution in [-0.4, -0.2) is 54.5 Å². The molecule has 8 nitrogen and oxygen atoms in total. The van der Waals surface area contributed by atoms with Crippen LogP contribution in [0.3, 0.4) is 0 Å². The van der Waals surface area contributed by atoms with Crippen LogP contribution >= 0.6 is 0 Å². The van der Waals surface area contributed by atoms with Gasteiger partial charge in [-0.05, 0) is 42.5 Å². The quantitative estimate of drug-likeness (QED) is 0.445. The molecular weight excluding hydrogens is 448 g/mol. The largest absolute Gasteiger partial charge is 0.481 e. The summed E-state index contributed by atoms with van der Waals surface area (Å²) in [6.07, 6.45) is -0.287. The Labute approximate surface area is 206 Å². The lowest BCUT2D eigenvalue weighted by Crippen LogP contribution is -2.52. The number of carbonyl (C=O) groups is 3. The molecule has 35 heavy (non-hydrogen) atoms. The van der Waals surface area contributed by atoms with Gasteiger partial charge < -0.3 is 25.2 Å². The second-order valence-electron chi connectivity index (χ2n) is 9.40. The van der Waals surface area contributed by atoms with Crippen LogP contribution in [0.2, 0.25) is 0 Å². The summed E-state index contributed by atoms with van der Waals surface area (Å²) in [5.41, 5.74) is 3.74. The van der Waals surface area contributed by atoms with Crippen LogP contribution in [0.25, 0.3) is 11.1 Å². The van der Waals surface area contributed by atoms with Crippen LogP contribution in [0.1, 0.15) is 57.1 Å². The average molecular weight is 483 g/mol. The fourth-order valence-electron chi connectivity index (χ4n) is 4.38. The SMILES string of the molecule is CC[C@H](CC(=O)O)NC(=O)C(CC(C)(C)OC)NC(=O)OCC1c2ccccc2-c2ccccc21. The van der Waals surface area contributed by atoms with Gasteiger partial charge in [-0.15, -0.1) is 0 Å². The van der Waals surface area contributed by atoms with Crippen molar-refractivity contribution in [3.8, 4) is 11.1 Å². The number of aliphatic carboxylic acids is 1. The number of nitrogens with one attached hydrogen (secondary N) is 2. The molecule has 0 saturated heterocycles. The number of hydrogen-bond donors (Lipinski definition) is 3. The second-order valence-corrected chi connectivity index (χ2v) is 9.40. The highest BCUT2D eigenvalue weighted by atomic mass is 16.5. The van der Waals surface area contributed by atoms with E-state index >= 15 is 0 Å². The molecule has 0 radical (unpaired) electrons. The lowest BCUT2D eigenvalue weighted by Gasteiger charge is -2.29. The maximum Gasteiger partial charge on any atom is 0.407 e. The Morgan fingerprint density at radius 3 is 2.09 bits per heavy atom. The Balaban J connectivity index is 1.70. The number of carboxylic acid groups (broad SMARTS) is 1. The van der Waals surface area contributed by atoms with Gasteiger partial charge in [0, 0.05) is 25.5 Å². The lowest BCUT2D eigenvalue weighted by atomic mass is 9.97. The van der Waals surface area contributed by atoms with Gasteiger partial charge in [0.25, 0.3) is 0 Å². The molecule has 8 heteroatoms. The number of methoxy groups -OCH3 is 1. The molecule has 3 N–H and O–H groups in total. The van der Waals surface area contributed by atoms with Crippen molar-refractivity contribution < 1.29 is 29.0 Å². The maximum atomic E-state index is 13.0. The van der Waals surface area contributed by atoms with E-state index in [1.807, 2.05) is 36.4 Å². The molecule has 0 aromatic heterocycles. The molecule has 0 aliphatic heterocycles. The van der Waals surface area contributed by atoms with Crippen molar-refractivity contribution in [1.82, 2.24) is 10.6 Å². The third-order valence-corrected chi connectivity index (χ3v) is 6.46. The molecule has 0 spiro atoms. The number of hydrogen-bond acceptors (Lipinski definition) is 5. The number of amides is 2. The van der Waals surface area contributed by atoms with Gasteiger partial charge in [-0.25, -0.2) is 4.79 Å². The van der Waals surface area contributed by atoms with Gasteiger partial charge in [0.15, 0.2) is 0 Å². The summed E-state index contributed by atoms with van der Waals surface area (Å²) < 4.78 is 11.0. The van der Waals surface area contributed by atoms with Crippen LogP contribution < -0.4 is 10.6 Å². The summed E-state index contributed by atoms with van der Waals surface area (Å²) >= 11 is 0. The molecule has 1 aliphatic rings. The molecular formula is C27H34N2O6. The fourth-order valence-corrected chi connectivity index (χ4v) is 4.38. The van der Waals surface area contributed by atoms with E-state index in [9.17, 15) is 14.4 Å². The van der Waals surface area contributed by atoms with Crippen molar-refractivity contribution in [2.75, 3.05) is 13.7 Å². The number of alkyl carbamates (subject to hydrolysis) is 1. The summed E-state index contributed by atoms with van der Waals surface area (Å²) in [6, 6.07) is 14.6. The topological polar surface area (TPSA) is 114 Å². The Bertz CT molecular complexity index is 1020. The highest BCUT2D eigenvalue weighted by molar-refractivity contribution is 5.86. The highest BCUT2D eigenvalue weighted by Crippen LogP contribution is 2.44. The summed E-state index contributed by atoms with van der Waals surface area (Å²) in [4.78, 5) is 36.9. The monoisotopic (exact) mass is 482 g/mol. The molecule has 0 heterocycles. The third-order valence-electron chi connectivity index (χ3n) is 6.46. The fraction of sp³-hybridized carbons (Fsp3) is 0.444. The van der Waals surface area contributed by atoms with Gasteiger partial charge in [0.2, 0.25) is 5.91 Å². The van der Waals surface area contributed by atoms with Gasteiger partial charge in [0.1, 0.15) is 12.6 Å². The zero-order chi connectivity index (χ0) is 25.6. The van der Waals surface area contributed by atoms with Crippen LogP contribution in [0.5, 0.6) is 0 Å². The lowest BCUT2D eigenvalue weighted by molar-refractivity contribution is -0.137. The molecule has 2 amide bonds. The maximum absolute atomic E-state index is 13.0.